The summed E-state index contributed by atoms with van der Waals surface area (Å²) < 4.78 is 0. The fraction of sp³-hybridized carbons (Fsp3) is 0. The van der Waals surface area contributed by atoms with Crippen molar-refractivity contribution in [3.63, 3.8) is 0 Å². The zero-order chi connectivity index (χ0) is 8.72. The van der Waals surface area contributed by atoms with E-state index in [0.29, 0.717) is 5.82 Å². The van der Waals surface area contributed by atoms with Gasteiger partial charge in [0.1, 0.15) is 0 Å². The van der Waals surface area contributed by atoms with Gasteiger partial charge in [-0.25, -0.2) is 10.9 Å². The highest BCUT2D eigenvalue weighted by atomic mass is 16.5. The molecular formula is C6H8N4O2. The Morgan fingerprint density at radius 1 is 1.25 bits per heavy atom. The SMILES string of the molecule is NN1C=C2N(O)C=CN2C=C1O. The Morgan fingerprint density at radius 3 is 2.75 bits per heavy atom. The van der Waals surface area contributed by atoms with E-state index < -0.39 is 0 Å². The summed E-state index contributed by atoms with van der Waals surface area (Å²) >= 11 is 0. The van der Waals surface area contributed by atoms with Crippen molar-refractivity contribution in [1.82, 2.24) is 15.0 Å². The lowest BCUT2D eigenvalue weighted by Gasteiger charge is -2.25. The van der Waals surface area contributed by atoms with Crippen LogP contribution in [0.1, 0.15) is 0 Å². The molecule has 2 rings (SSSR count). The fourth-order valence-electron chi connectivity index (χ4n) is 1.02. The molecule has 4 N–H and O–H groups in total. The number of nitrogens with two attached hydrogens (primary N) is 1. The third-order valence-electron chi connectivity index (χ3n) is 1.64. The molecule has 0 atom stereocenters. The number of hydrogen-bond donors (Lipinski definition) is 3. The molecule has 0 aromatic carbocycles. The van der Waals surface area contributed by atoms with Crippen molar-refractivity contribution >= 4 is 0 Å². The quantitative estimate of drug-likeness (QED) is 0.435. The minimum absolute atomic E-state index is 0.0845. The first-order valence-corrected chi connectivity index (χ1v) is 3.30. The summed E-state index contributed by atoms with van der Waals surface area (Å²) in [5, 5.41) is 20.2. The molecule has 0 aromatic heterocycles. The van der Waals surface area contributed by atoms with Crippen molar-refractivity contribution in [2.75, 3.05) is 0 Å². The van der Waals surface area contributed by atoms with Gasteiger partial charge >= 0.3 is 0 Å². The van der Waals surface area contributed by atoms with Gasteiger partial charge in [0, 0.05) is 6.20 Å². The van der Waals surface area contributed by atoms with Gasteiger partial charge in [-0.3, -0.25) is 10.2 Å². The van der Waals surface area contributed by atoms with Gasteiger partial charge in [0.2, 0.25) is 5.88 Å². The number of rotatable bonds is 0. The predicted octanol–water partition coefficient (Wildman–Crippen LogP) is -0.191. The molecular weight excluding hydrogens is 160 g/mol. The maximum Gasteiger partial charge on any atom is 0.222 e. The Morgan fingerprint density at radius 2 is 2.00 bits per heavy atom. The van der Waals surface area contributed by atoms with E-state index in [1.165, 1.54) is 18.6 Å². The number of fused-ring (bicyclic) bond motifs is 1. The fourth-order valence-corrected chi connectivity index (χ4v) is 1.02. The molecule has 0 saturated heterocycles. The molecule has 0 fully saturated rings. The highest BCUT2D eigenvalue weighted by Crippen LogP contribution is 2.22. The van der Waals surface area contributed by atoms with Crippen LogP contribution >= 0.6 is 0 Å². The summed E-state index contributed by atoms with van der Waals surface area (Å²) in [5.74, 6) is 5.73. The molecule has 2 aliphatic heterocycles. The number of aliphatic hydroxyl groups is 1. The van der Waals surface area contributed by atoms with Gasteiger partial charge in [-0.2, -0.15) is 0 Å². The monoisotopic (exact) mass is 168 g/mol. The Balaban J connectivity index is 2.33. The van der Waals surface area contributed by atoms with Crippen molar-refractivity contribution in [3.05, 3.63) is 36.5 Å². The molecule has 0 spiro atoms. The molecule has 12 heavy (non-hydrogen) atoms. The van der Waals surface area contributed by atoms with Crippen molar-refractivity contribution in [1.29, 1.82) is 0 Å². The van der Waals surface area contributed by atoms with E-state index >= 15 is 0 Å². The highest BCUT2D eigenvalue weighted by Gasteiger charge is 2.22. The summed E-state index contributed by atoms with van der Waals surface area (Å²) in [6.45, 7) is 0. The van der Waals surface area contributed by atoms with E-state index in [-0.39, 0.29) is 5.88 Å². The first-order valence-electron chi connectivity index (χ1n) is 3.30. The molecule has 0 saturated carbocycles. The summed E-state index contributed by atoms with van der Waals surface area (Å²) in [4.78, 5) is 1.54. The van der Waals surface area contributed by atoms with E-state index in [1.54, 1.807) is 11.1 Å². The topological polar surface area (TPSA) is 76.2 Å². The van der Waals surface area contributed by atoms with Gasteiger partial charge in [-0.1, -0.05) is 0 Å². The third kappa shape index (κ3) is 0.825. The first-order chi connectivity index (χ1) is 5.68. The van der Waals surface area contributed by atoms with Crippen LogP contribution in [0.2, 0.25) is 0 Å². The molecule has 2 aliphatic rings. The Labute approximate surface area is 68.6 Å². The molecule has 6 heteroatoms. The zero-order valence-corrected chi connectivity index (χ0v) is 6.12. The second kappa shape index (κ2) is 2.16. The molecule has 6 nitrogen and oxygen atoms in total. The Hall–Kier alpha value is -1.66. The summed E-state index contributed by atoms with van der Waals surface area (Å²) in [6.07, 6.45) is 5.82. The number of hydrazine groups is 1. The van der Waals surface area contributed by atoms with Gasteiger partial charge in [-0.05, 0) is 0 Å². The molecule has 0 bridgehead atoms. The average Bonchev–Trinajstić information content (AvgIpc) is 2.35. The largest absolute Gasteiger partial charge is 0.492 e. The van der Waals surface area contributed by atoms with Crippen LogP contribution < -0.4 is 5.84 Å². The normalized spacial score (nSPS) is 21.0. The highest BCUT2D eigenvalue weighted by molar-refractivity contribution is 5.20. The van der Waals surface area contributed by atoms with Gasteiger partial charge in [-0.15, -0.1) is 0 Å². The predicted molar refractivity (Wildman–Crippen MR) is 39.4 cm³/mol. The van der Waals surface area contributed by atoms with Gasteiger partial charge in [0.15, 0.2) is 5.82 Å². The van der Waals surface area contributed by atoms with Crippen molar-refractivity contribution in [2.24, 2.45) is 5.84 Å². The van der Waals surface area contributed by atoms with Crippen LogP contribution in [0.4, 0.5) is 0 Å². The molecule has 0 radical (unpaired) electrons. The molecule has 0 amide bonds. The number of nitrogens with zero attached hydrogens (tertiary/aromatic N) is 3. The van der Waals surface area contributed by atoms with Crippen LogP contribution in [0.3, 0.4) is 0 Å². The number of hydrogen-bond acceptors (Lipinski definition) is 6. The molecule has 0 aliphatic carbocycles. The lowest BCUT2D eigenvalue weighted by Crippen LogP contribution is -2.33. The van der Waals surface area contributed by atoms with E-state index in [4.69, 9.17) is 10.9 Å². The molecule has 2 heterocycles. The molecule has 64 valence electrons. The van der Waals surface area contributed by atoms with E-state index in [9.17, 15) is 5.21 Å². The van der Waals surface area contributed by atoms with E-state index in [2.05, 4.69) is 0 Å². The smallest absolute Gasteiger partial charge is 0.222 e. The van der Waals surface area contributed by atoms with Crippen molar-refractivity contribution in [3.8, 4) is 0 Å². The first kappa shape index (κ1) is 7.01. The van der Waals surface area contributed by atoms with Crippen LogP contribution in [0.15, 0.2) is 36.5 Å². The summed E-state index contributed by atoms with van der Waals surface area (Å²) in [5.41, 5.74) is 0. The standard InChI is InChI=1S/C6H8N4O2/c7-9-3-5-8(4-6(9)11)1-2-10(5)12/h1-4,11-12H,7H2. The number of aliphatic hydroxyl groups excluding tert-OH is 1. The van der Waals surface area contributed by atoms with Gasteiger partial charge < -0.3 is 10.0 Å². The van der Waals surface area contributed by atoms with Crippen molar-refractivity contribution < 1.29 is 10.3 Å². The zero-order valence-electron chi connectivity index (χ0n) is 6.12. The van der Waals surface area contributed by atoms with Crippen molar-refractivity contribution in [2.45, 2.75) is 0 Å². The van der Waals surface area contributed by atoms with Crippen LogP contribution in [0.5, 0.6) is 0 Å². The Kier molecular flexibility index (Phi) is 1.26. The molecule has 0 aromatic rings. The minimum Gasteiger partial charge on any atom is -0.492 e. The van der Waals surface area contributed by atoms with Crippen LogP contribution in [-0.4, -0.2) is 25.3 Å². The molecule has 0 unspecified atom stereocenters. The van der Waals surface area contributed by atoms with Crippen LogP contribution in [0.25, 0.3) is 0 Å². The third-order valence-corrected chi connectivity index (χ3v) is 1.64. The van der Waals surface area contributed by atoms with Crippen LogP contribution in [0, 0.1) is 0 Å². The second-order valence-electron chi connectivity index (χ2n) is 2.43. The van der Waals surface area contributed by atoms with Gasteiger partial charge in [0.25, 0.3) is 0 Å². The second-order valence-corrected chi connectivity index (χ2v) is 2.43. The maximum atomic E-state index is 9.17. The van der Waals surface area contributed by atoms with E-state index in [0.717, 1.165) is 10.1 Å². The van der Waals surface area contributed by atoms with E-state index in [1.807, 2.05) is 0 Å². The van der Waals surface area contributed by atoms with Crippen LogP contribution in [-0.2, 0) is 0 Å². The average molecular weight is 168 g/mol. The Bertz CT molecular complexity index is 296. The summed E-state index contributed by atoms with van der Waals surface area (Å²) in [7, 11) is 0. The summed E-state index contributed by atoms with van der Waals surface area (Å²) in [6, 6.07) is 0. The lowest BCUT2D eigenvalue weighted by molar-refractivity contribution is -0.0148. The van der Waals surface area contributed by atoms with Gasteiger partial charge in [0.05, 0.1) is 18.6 Å². The maximum absolute atomic E-state index is 9.17. The number of hydroxylamine groups is 2. The minimum atomic E-state index is -0.0845. The lowest BCUT2D eigenvalue weighted by atomic mass is 10.5.